The average Bonchev–Trinajstić information content (AvgIpc) is 2.90. The second kappa shape index (κ2) is 3.86. The van der Waals surface area contributed by atoms with Gasteiger partial charge in [0.05, 0.1) is 17.4 Å². The lowest BCUT2D eigenvalue weighted by Crippen LogP contribution is -2.17. The van der Waals surface area contributed by atoms with E-state index in [4.69, 9.17) is 10.8 Å². The van der Waals surface area contributed by atoms with Crippen molar-refractivity contribution in [2.45, 2.75) is 51.4 Å². The molecule has 4 heteroatoms. The van der Waals surface area contributed by atoms with Crippen molar-refractivity contribution >= 4 is 0 Å². The molecule has 2 N–H and O–H groups in total. The number of rotatable bonds is 2. The Bertz CT molecular complexity index is 390. The second-order valence-electron chi connectivity index (χ2n) is 5.13. The molecule has 1 saturated carbocycles. The Hall–Kier alpha value is -0.870. The van der Waals surface area contributed by atoms with Crippen LogP contribution in [0, 0.1) is 0 Å². The van der Waals surface area contributed by atoms with E-state index in [-0.39, 0.29) is 0 Å². The zero-order valence-corrected chi connectivity index (χ0v) is 9.95. The van der Waals surface area contributed by atoms with E-state index in [9.17, 15) is 0 Å². The van der Waals surface area contributed by atoms with E-state index in [1.54, 1.807) is 0 Å². The molecule has 2 heterocycles. The highest BCUT2D eigenvalue weighted by Gasteiger charge is 2.28. The maximum absolute atomic E-state index is 5.90. The van der Waals surface area contributed by atoms with Gasteiger partial charge in [-0.3, -0.25) is 9.58 Å². The number of nitrogens with two attached hydrogens (primary N) is 1. The fraction of sp³-hybridized carbons (Fsp3) is 0.750. The highest BCUT2D eigenvalue weighted by Crippen LogP contribution is 2.33. The molecule has 3 rings (SSSR count). The minimum atomic E-state index is 0.620. The third kappa shape index (κ3) is 1.48. The summed E-state index contributed by atoms with van der Waals surface area (Å²) in [5.74, 6) is 0. The molecule has 16 heavy (non-hydrogen) atoms. The first-order chi connectivity index (χ1) is 7.79. The smallest absolute Gasteiger partial charge is 0.0813 e. The molecular weight excluding hydrogens is 200 g/mol. The minimum absolute atomic E-state index is 0.620. The van der Waals surface area contributed by atoms with Crippen LogP contribution in [-0.4, -0.2) is 21.7 Å². The molecule has 0 atom stereocenters. The normalized spacial score (nSPS) is 21.9. The first-order valence-corrected chi connectivity index (χ1v) is 6.27. The average molecular weight is 220 g/mol. The van der Waals surface area contributed by atoms with Crippen molar-refractivity contribution in [3.8, 4) is 0 Å². The van der Waals surface area contributed by atoms with Crippen molar-refractivity contribution in [2.75, 3.05) is 7.05 Å². The molecule has 1 aromatic rings. The maximum Gasteiger partial charge on any atom is 0.0813 e. The first kappa shape index (κ1) is 10.3. The highest BCUT2D eigenvalue weighted by molar-refractivity contribution is 5.30. The van der Waals surface area contributed by atoms with E-state index in [0.717, 1.165) is 13.1 Å². The van der Waals surface area contributed by atoms with E-state index in [2.05, 4.69) is 16.6 Å². The summed E-state index contributed by atoms with van der Waals surface area (Å²) >= 11 is 0. The highest BCUT2D eigenvalue weighted by atomic mass is 15.3. The maximum atomic E-state index is 5.90. The number of aromatic nitrogens is 2. The van der Waals surface area contributed by atoms with E-state index in [1.165, 1.54) is 42.6 Å². The van der Waals surface area contributed by atoms with Crippen molar-refractivity contribution in [1.82, 2.24) is 14.7 Å². The lowest BCUT2D eigenvalue weighted by atomic mass is 10.2. The predicted octanol–water partition coefficient (Wildman–Crippen LogP) is 1.40. The van der Waals surface area contributed by atoms with Crippen LogP contribution in [0.4, 0.5) is 0 Å². The van der Waals surface area contributed by atoms with Gasteiger partial charge >= 0.3 is 0 Å². The van der Waals surface area contributed by atoms with Gasteiger partial charge in [0.25, 0.3) is 0 Å². The summed E-state index contributed by atoms with van der Waals surface area (Å²) in [5.41, 5.74) is 9.84. The van der Waals surface area contributed by atoms with Crippen molar-refractivity contribution in [3.05, 3.63) is 17.0 Å². The fourth-order valence-electron chi connectivity index (χ4n) is 3.11. The minimum Gasteiger partial charge on any atom is -0.325 e. The summed E-state index contributed by atoms with van der Waals surface area (Å²) in [7, 11) is 2.14. The molecule has 0 unspecified atom stereocenters. The topological polar surface area (TPSA) is 47.1 Å². The summed E-state index contributed by atoms with van der Waals surface area (Å²) in [4.78, 5) is 2.30. The first-order valence-electron chi connectivity index (χ1n) is 6.27. The Morgan fingerprint density at radius 1 is 1.31 bits per heavy atom. The quantitative estimate of drug-likeness (QED) is 0.819. The van der Waals surface area contributed by atoms with Crippen LogP contribution in [0.15, 0.2) is 0 Å². The molecule has 0 aromatic carbocycles. The summed E-state index contributed by atoms with van der Waals surface area (Å²) in [5, 5.41) is 4.79. The van der Waals surface area contributed by atoms with Crippen LogP contribution in [0.2, 0.25) is 0 Å². The third-order valence-electron chi connectivity index (χ3n) is 3.91. The van der Waals surface area contributed by atoms with Gasteiger partial charge in [-0.1, -0.05) is 12.8 Å². The van der Waals surface area contributed by atoms with Gasteiger partial charge in [0.15, 0.2) is 0 Å². The van der Waals surface area contributed by atoms with Crippen molar-refractivity contribution in [2.24, 2.45) is 5.73 Å². The third-order valence-corrected chi connectivity index (χ3v) is 3.91. The van der Waals surface area contributed by atoms with E-state index in [1.807, 2.05) is 0 Å². The number of fused-ring (bicyclic) bond motifs is 1. The number of hydrogen-bond donors (Lipinski definition) is 1. The SMILES string of the molecule is CN1Cc2nn(C3CCCC3)c(CN)c2C1. The Kier molecular flexibility index (Phi) is 2.48. The molecule has 0 amide bonds. The van der Waals surface area contributed by atoms with E-state index < -0.39 is 0 Å². The van der Waals surface area contributed by atoms with Gasteiger partial charge in [-0.05, 0) is 19.9 Å². The monoisotopic (exact) mass is 220 g/mol. The molecule has 88 valence electrons. The Balaban J connectivity index is 1.97. The Morgan fingerprint density at radius 2 is 2.06 bits per heavy atom. The van der Waals surface area contributed by atoms with Gasteiger partial charge in [-0.2, -0.15) is 5.10 Å². The van der Waals surface area contributed by atoms with Crippen LogP contribution >= 0.6 is 0 Å². The van der Waals surface area contributed by atoms with E-state index >= 15 is 0 Å². The molecule has 0 spiro atoms. The predicted molar refractivity (Wildman–Crippen MR) is 62.8 cm³/mol. The zero-order chi connectivity index (χ0) is 11.1. The summed E-state index contributed by atoms with van der Waals surface area (Å²) in [6.07, 6.45) is 5.25. The molecule has 1 aliphatic carbocycles. The van der Waals surface area contributed by atoms with Crippen LogP contribution in [0.25, 0.3) is 0 Å². The van der Waals surface area contributed by atoms with Crippen LogP contribution in [0.1, 0.15) is 48.7 Å². The summed E-state index contributed by atoms with van der Waals surface area (Å²) in [6.45, 7) is 2.64. The molecule has 1 fully saturated rings. The molecule has 1 aromatic heterocycles. The zero-order valence-electron chi connectivity index (χ0n) is 9.95. The standard InChI is InChI=1S/C12H20N4/c1-15-7-10-11(8-15)14-16(12(10)6-13)9-4-2-3-5-9/h9H,2-8,13H2,1H3. The number of hydrogen-bond acceptors (Lipinski definition) is 3. The largest absolute Gasteiger partial charge is 0.325 e. The Labute approximate surface area is 96.4 Å². The van der Waals surface area contributed by atoms with Crippen molar-refractivity contribution in [3.63, 3.8) is 0 Å². The lowest BCUT2D eigenvalue weighted by molar-refractivity contribution is 0.337. The van der Waals surface area contributed by atoms with Gasteiger partial charge < -0.3 is 5.73 Å². The Morgan fingerprint density at radius 3 is 2.75 bits per heavy atom. The molecule has 0 radical (unpaired) electrons. The summed E-state index contributed by atoms with van der Waals surface area (Å²) in [6, 6.07) is 0.620. The molecular formula is C12H20N4. The van der Waals surface area contributed by atoms with E-state index in [0.29, 0.717) is 12.6 Å². The van der Waals surface area contributed by atoms with Gasteiger partial charge in [0, 0.05) is 25.2 Å². The van der Waals surface area contributed by atoms with Gasteiger partial charge in [0.1, 0.15) is 0 Å². The van der Waals surface area contributed by atoms with Crippen molar-refractivity contribution < 1.29 is 0 Å². The molecule has 0 saturated heterocycles. The van der Waals surface area contributed by atoms with Crippen LogP contribution in [0.5, 0.6) is 0 Å². The fourth-order valence-corrected chi connectivity index (χ4v) is 3.11. The van der Waals surface area contributed by atoms with Crippen LogP contribution in [0.3, 0.4) is 0 Å². The molecule has 1 aliphatic heterocycles. The molecule has 4 nitrogen and oxygen atoms in total. The number of nitrogens with zero attached hydrogens (tertiary/aromatic N) is 3. The molecule has 2 aliphatic rings. The van der Waals surface area contributed by atoms with Crippen LogP contribution < -0.4 is 5.73 Å². The van der Waals surface area contributed by atoms with Crippen LogP contribution in [-0.2, 0) is 19.6 Å². The molecule has 0 bridgehead atoms. The van der Waals surface area contributed by atoms with Gasteiger partial charge in [0.2, 0.25) is 0 Å². The van der Waals surface area contributed by atoms with Crippen molar-refractivity contribution in [1.29, 1.82) is 0 Å². The summed E-state index contributed by atoms with van der Waals surface area (Å²) < 4.78 is 2.24. The van der Waals surface area contributed by atoms with Gasteiger partial charge in [-0.25, -0.2) is 0 Å². The lowest BCUT2D eigenvalue weighted by Gasteiger charge is -2.15. The van der Waals surface area contributed by atoms with Gasteiger partial charge in [-0.15, -0.1) is 0 Å². The second-order valence-corrected chi connectivity index (χ2v) is 5.13.